The molecule has 0 saturated heterocycles. The monoisotopic (exact) mass is 665 g/mol. The van der Waals surface area contributed by atoms with Gasteiger partial charge in [-0.25, -0.2) is 15.0 Å². The Morgan fingerprint density at radius 3 is 2.62 bits per heavy atom. The van der Waals surface area contributed by atoms with Crippen LogP contribution in [0.2, 0.25) is 0 Å². The second kappa shape index (κ2) is 13.0. The van der Waals surface area contributed by atoms with Gasteiger partial charge in [-0.05, 0) is 89.0 Å². The molecule has 2 N–H and O–H groups in total. The maximum atomic E-state index is 12.7. The van der Waals surface area contributed by atoms with E-state index in [2.05, 4.69) is 59.5 Å². The Morgan fingerprint density at radius 1 is 1.08 bits per heavy atom. The summed E-state index contributed by atoms with van der Waals surface area (Å²) in [4.78, 5) is 24.2. The van der Waals surface area contributed by atoms with Crippen LogP contribution >= 0.6 is 28.5 Å². The normalized spacial score (nSPS) is 11.3. The van der Waals surface area contributed by atoms with Gasteiger partial charge in [-0.3, -0.25) is 4.79 Å². The number of amides is 1. The Kier molecular flexibility index (Phi) is 9.50. The largest absolute Gasteiger partial charge is 0.455 e. The summed E-state index contributed by atoms with van der Waals surface area (Å²) in [6, 6.07) is 12.6. The van der Waals surface area contributed by atoms with E-state index in [0.29, 0.717) is 53.3 Å². The number of alkyl halides is 3. The molecule has 0 fully saturated rings. The van der Waals surface area contributed by atoms with Crippen molar-refractivity contribution in [1.82, 2.24) is 15.0 Å². The Bertz CT molecular complexity index is 1540. The third-order valence-corrected chi connectivity index (χ3v) is 6.42. The topological polar surface area (TPSA) is 98.3 Å². The highest BCUT2D eigenvalue weighted by Gasteiger charge is 2.32. The summed E-state index contributed by atoms with van der Waals surface area (Å²) in [5.41, 5.74) is 1.64. The lowest BCUT2D eigenvalue weighted by Gasteiger charge is -2.13. The highest BCUT2D eigenvalue weighted by molar-refractivity contribution is 14.2. The minimum atomic E-state index is -4.52. The first-order valence-electron chi connectivity index (χ1n) is 11.3. The molecular formula is C26H20F3IN5O3P. The van der Waals surface area contributed by atoms with Gasteiger partial charge in [-0.2, -0.15) is 13.2 Å². The molecule has 2 aromatic carbocycles. The molecule has 0 aliphatic carbocycles. The molecule has 1 unspecified atom stereocenters. The average molecular weight is 665 g/mol. The van der Waals surface area contributed by atoms with E-state index in [1.807, 2.05) is 6.07 Å². The summed E-state index contributed by atoms with van der Waals surface area (Å²) in [6.07, 6.45) is -1.59. The van der Waals surface area contributed by atoms with Crippen LogP contribution in [-0.2, 0) is 15.5 Å². The first kappa shape index (κ1) is 28.5. The van der Waals surface area contributed by atoms with E-state index in [1.165, 1.54) is 12.4 Å². The predicted octanol–water partition coefficient (Wildman–Crippen LogP) is 7.18. The fourth-order valence-corrected chi connectivity index (χ4v) is 4.23. The second-order valence-corrected chi connectivity index (χ2v) is 9.73. The molecule has 0 saturated carbocycles. The van der Waals surface area contributed by atoms with Gasteiger partial charge in [0.15, 0.2) is 0 Å². The van der Waals surface area contributed by atoms with Crippen LogP contribution in [0.3, 0.4) is 0 Å². The minimum absolute atomic E-state index is 0.183. The lowest BCUT2D eigenvalue weighted by atomic mass is 10.1. The summed E-state index contributed by atoms with van der Waals surface area (Å²) < 4.78 is 49.1. The van der Waals surface area contributed by atoms with Gasteiger partial charge in [0.2, 0.25) is 0 Å². The van der Waals surface area contributed by atoms with Crippen LogP contribution in [0.4, 0.5) is 30.4 Å². The summed E-state index contributed by atoms with van der Waals surface area (Å²) in [7, 11) is 0. The lowest BCUT2D eigenvalue weighted by Crippen LogP contribution is -2.08. The van der Waals surface area contributed by atoms with Crippen LogP contribution in [0, 0.1) is 18.8 Å². The number of pyridine rings is 1. The summed E-state index contributed by atoms with van der Waals surface area (Å²) in [5, 5.41) is 6.66. The Labute approximate surface area is 236 Å². The van der Waals surface area contributed by atoms with Crippen molar-refractivity contribution in [1.29, 1.82) is 0 Å². The predicted molar refractivity (Wildman–Crippen MR) is 153 cm³/mol. The van der Waals surface area contributed by atoms with Crippen LogP contribution in [0.5, 0.6) is 11.5 Å². The van der Waals surface area contributed by atoms with Crippen molar-refractivity contribution < 1.29 is 27.2 Å². The van der Waals surface area contributed by atoms with E-state index in [0.717, 1.165) is 17.8 Å². The first-order valence-corrected chi connectivity index (χ1v) is 15.4. The highest BCUT2D eigenvalue weighted by Crippen LogP contribution is 2.32. The van der Waals surface area contributed by atoms with Crippen molar-refractivity contribution in [2.75, 3.05) is 17.2 Å². The molecule has 200 valence electrons. The van der Waals surface area contributed by atoms with E-state index in [-0.39, 0.29) is 5.75 Å². The van der Waals surface area contributed by atoms with Gasteiger partial charge in [-0.15, -0.1) is 0 Å². The molecule has 0 spiro atoms. The molecule has 0 radical (unpaired) electrons. The zero-order valence-corrected chi connectivity index (χ0v) is 23.4. The van der Waals surface area contributed by atoms with E-state index in [9.17, 15) is 18.0 Å². The Hall–Kier alpha value is -3.53. The number of aromatic nitrogens is 3. The Morgan fingerprint density at radius 2 is 1.90 bits per heavy atom. The number of ether oxygens (including phenoxy) is 1. The van der Waals surface area contributed by atoms with Crippen molar-refractivity contribution >= 4 is 62.5 Å². The SMILES string of the molecule is Cc1cc(Nc2ncnc3ccc(NC(=O)C#CCCOPI)cc23)ccc1Oc1ccc(C(F)(F)F)nc1. The molecule has 0 aliphatic heterocycles. The van der Waals surface area contributed by atoms with E-state index >= 15 is 0 Å². The average Bonchev–Trinajstić information content (AvgIpc) is 2.90. The highest BCUT2D eigenvalue weighted by atomic mass is 127. The standard InChI is InChI=1S/C26H20F3IN5O3P/c1-16-12-17(6-9-22(16)38-19-7-10-23(31-14-19)26(27,28)29)35-25-20-13-18(5-8-21(20)32-15-33-25)34-24(36)4-2-3-11-37-39-30/h5-10,12-15,39H,3,11H2,1H3,(H,34,36)(H,32,33,35). The van der Waals surface area contributed by atoms with Gasteiger partial charge in [0, 0.05) is 23.2 Å². The van der Waals surface area contributed by atoms with Crippen LogP contribution in [-0.4, -0.2) is 27.5 Å². The third-order valence-electron chi connectivity index (χ3n) is 5.17. The zero-order chi connectivity index (χ0) is 27.8. The number of nitrogens with zero attached hydrogens (tertiary/aromatic N) is 3. The molecule has 1 atom stereocenters. The van der Waals surface area contributed by atoms with E-state index in [4.69, 9.17) is 9.26 Å². The molecule has 1 amide bonds. The van der Waals surface area contributed by atoms with E-state index < -0.39 is 17.8 Å². The molecule has 2 heterocycles. The van der Waals surface area contributed by atoms with Crippen molar-refractivity contribution in [3.05, 3.63) is 72.3 Å². The van der Waals surface area contributed by atoms with Crippen molar-refractivity contribution in [3.8, 4) is 23.3 Å². The molecule has 0 bridgehead atoms. The van der Waals surface area contributed by atoms with Crippen LogP contribution in [0.25, 0.3) is 10.9 Å². The molecule has 39 heavy (non-hydrogen) atoms. The van der Waals surface area contributed by atoms with Gasteiger partial charge in [0.25, 0.3) is 5.91 Å². The number of carbonyl (C=O) groups excluding carboxylic acids is 1. The third kappa shape index (κ3) is 7.98. The molecule has 4 rings (SSSR count). The number of aryl methyl sites for hydroxylation is 1. The van der Waals surface area contributed by atoms with Crippen molar-refractivity contribution in [2.45, 2.75) is 19.5 Å². The number of benzene rings is 2. The van der Waals surface area contributed by atoms with Gasteiger partial charge in [0.1, 0.15) is 29.3 Å². The van der Waals surface area contributed by atoms with Crippen LogP contribution < -0.4 is 15.4 Å². The quantitative estimate of drug-likeness (QED) is 0.0891. The van der Waals surface area contributed by atoms with Crippen molar-refractivity contribution in [2.24, 2.45) is 0 Å². The van der Waals surface area contributed by atoms with Crippen LogP contribution in [0.15, 0.2) is 61.1 Å². The van der Waals surface area contributed by atoms with Gasteiger partial charge < -0.3 is 19.9 Å². The first-order chi connectivity index (χ1) is 18.7. The lowest BCUT2D eigenvalue weighted by molar-refractivity contribution is -0.141. The number of nitrogens with one attached hydrogen (secondary N) is 2. The molecular weight excluding hydrogens is 645 g/mol. The fraction of sp³-hybridized carbons (Fsp3) is 0.154. The molecule has 8 nitrogen and oxygen atoms in total. The summed E-state index contributed by atoms with van der Waals surface area (Å²) >= 11 is 2.12. The number of hydrogen-bond donors (Lipinski definition) is 2. The number of carbonyl (C=O) groups is 1. The number of anilines is 3. The van der Waals surface area contributed by atoms with Crippen molar-refractivity contribution in [3.63, 3.8) is 0 Å². The number of rotatable bonds is 8. The van der Waals surface area contributed by atoms with E-state index in [1.54, 1.807) is 37.3 Å². The number of fused-ring (bicyclic) bond motifs is 1. The molecule has 2 aromatic heterocycles. The molecule has 4 aromatic rings. The maximum Gasteiger partial charge on any atom is 0.433 e. The van der Waals surface area contributed by atoms with Gasteiger partial charge in [0.05, 0.1) is 24.8 Å². The molecule has 13 heteroatoms. The zero-order valence-electron chi connectivity index (χ0n) is 20.3. The maximum absolute atomic E-state index is 12.7. The fourth-order valence-electron chi connectivity index (χ4n) is 3.39. The number of halogens is 4. The van der Waals surface area contributed by atoms with Crippen LogP contribution in [0.1, 0.15) is 17.7 Å². The second-order valence-electron chi connectivity index (χ2n) is 7.97. The number of hydrogen-bond acceptors (Lipinski definition) is 7. The molecule has 0 aliphatic rings. The van der Waals surface area contributed by atoms with Gasteiger partial charge in [-0.1, -0.05) is 5.92 Å². The minimum Gasteiger partial charge on any atom is -0.455 e. The smallest absolute Gasteiger partial charge is 0.433 e. The Balaban J connectivity index is 1.47. The summed E-state index contributed by atoms with van der Waals surface area (Å²) in [6.45, 7) is 2.63. The van der Waals surface area contributed by atoms with Gasteiger partial charge >= 0.3 is 6.18 Å². The summed E-state index contributed by atoms with van der Waals surface area (Å²) in [5.74, 6) is 6.03.